The summed E-state index contributed by atoms with van der Waals surface area (Å²) in [6, 6.07) is 18.5. The van der Waals surface area contributed by atoms with Gasteiger partial charge in [0, 0.05) is 24.3 Å². The van der Waals surface area contributed by atoms with Gasteiger partial charge in [0.25, 0.3) is 5.91 Å². The minimum Gasteiger partial charge on any atom is -0.348 e. The molecule has 1 fully saturated rings. The molecule has 0 radical (unpaired) electrons. The monoisotopic (exact) mass is 360 g/mol. The fourth-order valence-electron chi connectivity index (χ4n) is 3.40. The SMILES string of the molecule is Cc1ccc(-c2nn(Cc3ccccc3)cc2C(=O)NC2CCNC2)cc1. The van der Waals surface area contributed by atoms with E-state index >= 15 is 0 Å². The average Bonchev–Trinajstić information content (AvgIpc) is 3.33. The van der Waals surface area contributed by atoms with Gasteiger partial charge in [0.15, 0.2) is 0 Å². The van der Waals surface area contributed by atoms with Gasteiger partial charge in [-0.05, 0) is 25.5 Å². The molecule has 5 nitrogen and oxygen atoms in total. The van der Waals surface area contributed by atoms with Crippen molar-refractivity contribution in [2.45, 2.75) is 25.9 Å². The average molecular weight is 360 g/mol. The van der Waals surface area contributed by atoms with Crippen LogP contribution in [0.1, 0.15) is 27.9 Å². The summed E-state index contributed by atoms with van der Waals surface area (Å²) in [5.41, 5.74) is 4.66. The molecule has 2 aromatic carbocycles. The van der Waals surface area contributed by atoms with Crippen LogP contribution in [0, 0.1) is 6.92 Å². The molecule has 0 aliphatic carbocycles. The van der Waals surface area contributed by atoms with E-state index in [2.05, 4.69) is 29.7 Å². The second kappa shape index (κ2) is 7.76. The van der Waals surface area contributed by atoms with Gasteiger partial charge in [0.2, 0.25) is 0 Å². The van der Waals surface area contributed by atoms with Crippen molar-refractivity contribution in [3.8, 4) is 11.3 Å². The molecular formula is C22H24N4O. The lowest BCUT2D eigenvalue weighted by atomic mass is 10.1. The van der Waals surface area contributed by atoms with E-state index < -0.39 is 0 Å². The number of carbonyl (C=O) groups excluding carboxylic acids is 1. The van der Waals surface area contributed by atoms with Crippen LogP contribution in [0.2, 0.25) is 0 Å². The van der Waals surface area contributed by atoms with Gasteiger partial charge in [0.05, 0.1) is 12.1 Å². The third-order valence-corrected chi connectivity index (χ3v) is 4.91. The Bertz CT molecular complexity index is 909. The van der Waals surface area contributed by atoms with Crippen molar-refractivity contribution in [2.75, 3.05) is 13.1 Å². The number of benzene rings is 2. The molecule has 2 heterocycles. The molecule has 1 amide bonds. The van der Waals surface area contributed by atoms with Crippen LogP contribution in [0.15, 0.2) is 60.8 Å². The van der Waals surface area contributed by atoms with Crippen LogP contribution in [0.25, 0.3) is 11.3 Å². The minimum atomic E-state index is -0.0569. The Labute approximate surface area is 159 Å². The minimum absolute atomic E-state index is 0.0569. The largest absolute Gasteiger partial charge is 0.348 e. The van der Waals surface area contributed by atoms with Gasteiger partial charge in [-0.3, -0.25) is 9.48 Å². The molecule has 1 unspecified atom stereocenters. The van der Waals surface area contributed by atoms with Crippen LogP contribution < -0.4 is 10.6 Å². The standard InChI is InChI=1S/C22H24N4O/c1-16-7-9-18(10-8-16)21-20(22(27)24-19-11-12-23-13-19)15-26(25-21)14-17-5-3-2-4-6-17/h2-10,15,19,23H,11-14H2,1H3,(H,24,27). The first-order valence-electron chi connectivity index (χ1n) is 9.39. The fraction of sp³-hybridized carbons (Fsp3) is 0.273. The number of amides is 1. The molecule has 4 rings (SSSR count). The molecule has 1 aliphatic heterocycles. The third-order valence-electron chi connectivity index (χ3n) is 4.91. The number of nitrogens with zero attached hydrogens (tertiary/aromatic N) is 2. The Balaban J connectivity index is 1.66. The lowest BCUT2D eigenvalue weighted by Crippen LogP contribution is -2.36. The Morgan fingerprint density at radius 3 is 2.67 bits per heavy atom. The number of nitrogens with one attached hydrogen (secondary N) is 2. The summed E-state index contributed by atoms with van der Waals surface area (Å²) >= 11 is 0. The molecule has 1 saturated heterocycles. The number of rotatable bonds is 5. The molecule has 2 N–H and O–H groups in total. The van der Waals surface area contributed by atoms with E-state index in [0.717, 1.165) is 36.3 Å². The van der Waals surface area contributed by atoms with Crippen molar-refractivity contribution in [1.29, 1.82) is 0 Å². The zero-order valence-electron chi connectivity index (χ0n) is 15.5. The number of carbonyl (C=O) groups is 1. The van der Waals surface area contributed by atoms with Gasteiger partial charge in [-0.25, -0.2) is 0 Å². The Morgan fingerprint density at radius 1 is 1.19 bits per heavy atom. The van der Waals surface area contributed by atoms with Crippen molar-refractivity contribution < 1.29 is 4.79 Å². The highest BCUT2D eigenvalue weighted by Crippen LogP contribution is 2.23. The highest BCUT2D eigenvalue weighted by molar-refractivity contribution is 6.00. The number of aryl methyl sites for hydroxylation is 1. The quantitative estimate of drug-likeness (QED) is 0.735. The number of hydrogen-bond acceptors (Lipinski definition) is 3. The van der Waals surface area contributed by atoms with Crippen LogP contribution in [-0.4, -0.2) is 34.8 Å². The zero-order valence-corrected chi connectivity index (χ0v) is 15.5. The summed E-state index contributed by atoms with van der Waals surface area (Å²) in [5.74, 6) is -0.0569. The van der Waals surface area contributed by atoms with Crippen molar-refractivity contribution in [1.82, 2.24) is 20.4 Å². The van der Waals surface area contributed by atoms with Gasteiger partial charge in [0.1, 0.15) is 5.69 Å². The predicted octanol–water partition coefficient (Wildman–Crippen LogP) is 3.00. The van der Waals surface area contributed by atoms with Gasteiger partial charge < -0.3 is 10.6 Å². The van der Waals surface area contributed by atoms with Gasteiger partial charge >= 0.3 is 0 Å². The summed E-state index contributed by atoms with van der Waals surface area (Å²) in [6.45, 7) is 4.46. The van der Waals surface area contributed by atoms with Gasteiger partial charge in [-0.15, -0.1) is 0 Å². The lowest BCUT2D eigenvalue weighted by Gasteiger charge is -2.11. The summed E-state index contributed by atoms with van der Waals surface area (Å²) in [4.78, 5) is 12.9. The predicted molar refractivity (Wildman–Crippen MR) is 107 cm³/mol. The summed E-state index contributed by atoms with van der Waals surface area (Å²) in [7, 11) is 0. The second-order valence-electron chi connectivity index (χ2n) is 7.10. The van der Waals surface area contributed by atoms with Crippen LogP contribution >= 0.6 is 0 Å². The number of hydrogen-bond donors (Lipinski definition) is 2. The first-order chi connectivity index (χ1) is 13.2. The second-order valence-corrected chi connectivity index (χ2v) is 7.10. The first kappa shape index (κ1) is 17.5. The molecule has 1 atom stereocenters. The van der Waals surface area contributed by atoms with Crippen LogP contribution in [-0.2, 0) is 6.54 Å². The fourth-order valence-corrected chi connectivity index (χ4v) is 3.40. The zero-order chi connectivity index (χ0) is 18.6. The summed E-state index contributed by atoms with van der Waals surface area (Å²) in [5, 5.41) is 11.2. The normalized spacial score (nSPS) is 16.4. The number of aromatic nitrogens is 2. The molecule has 138 valence electrons. The molecule has 0 bridgehead atoms. The van der Waals surface area contributed by atoms with E-state index in [4.69, 9.17) is 5.10 Å². The van der Waals surface area contributed by atoms with Crippen molar-refractivity contribution in [2.24, 2.45) is 0 Å². The van der Waals surface area contributed by atoms with Crippen LogP contribution in [0.4, 0.5) is 0 Å². The smallest absolute Gasteiger partial charge is 0.255 e. The lowest BCUT2D eigenvalue weighted by molar-refractivity contribution is 0.0940. The van der Waals surface area contributed by atoms with E-state index in [0.29, 0.717) is 12.1 Å². The van der Waals surface area contributed by atoms with E-state index in [1.165, 1.54) is 5.56 Å². The van der Waals surface area contributed by atoms with Crippen LogP contribution in [0.3, 0.4) is 0 Å². The van der Waals surface area contributed by atoms with E-state index in [-0.39, 0.29) is 11.9 Å². The van der Waals surface area contributed by atoms with Gasteiger partial charge in [-0.1, -0.05) is 60.2 Å². The first-order valence-corrected chi connectivity index (χ1v) is 9.39. The Kier molecular flexibility index (Phi) is 5.03. The maximum Gasteiger partial charge on any atom is 0.255 e. The van der Waals surface area contributed by atoms with E-state index in [1.807, 2.05) is 53.3 Å². The molecule has 3 aromatic rings. The Hall–Kier alpha value is -2.92. The highest BCUT2D eigenvalue weighted by atomic mass is 16.1. The highest BCUT2D eigenvalue weighted by Gasteiger charge is 2.22. The molecule has 0 saturated carbocycles. The molecule has 1 aromatic heterocycles. The van der Waals surface area contributed by atoms with Gasteiger partial charge in [-0.2, -0.15) is 5.10 Å². The van der Waals surface area contributed by atoms with Crippen LogP contribution in [0.5, 0.6) is 0 Å². The van der Waals surface area contributed by atoms with E-state index in [9.17, 15) is 4.79 Å². The molecular weight excluding hydrogens is 336 g/mol. The molecule has 27 heavy (non-hydrogen) atoms. The molecule has 5 heteroatoms. The topological polar surface area (TPSA) is 59.0 Å². The maximum absolute atomic E-state index is 12.9. The summed E-state index contributed by atoms with van der Waals surface area (Å²) < 4.78 is 1.85. The third kappa shape index (κ3) is 4.09. The maximum atomic E-state index is 12.9. The van der Waals surface area contributed by atoms with Crippen molar-refractivity contribution in [3.05, 3.63) is 77.5 Å². The molecule has 1 aliphatic rings. The molecule has 0 spiro atoms. The summed E-state index contributed by atoms with van der Waals surface area (Å²) in [6.07, 6.45) is 2.82. The van der Waals surface area contributed by atoms with E-state index in [1.54, 1.807) is 0 Å². The van der Waals surface area contributed by atoms with Crippen molar-refractivity contribution >= 4 is 5.91 Å². The van der Waals surface area contributed by atoms with Crippen molar-refractivity contribution in [3.63, 3.8) is 0 Å². The Morgan fingerprint density at radius 2 is 1.96 bits per heavy atom.